The zero-order valence-electron chi connectivity index (χ0n) is 11.2. The summed E-state index contributed by atoms with van der Waals surface area (Å²) in [6, 6.07) is 4.46. The zero-order valence-corrected chi connectivity index (χ0v) is 12.8. The molecule has 0 spiro atoms. The number of carbonyl (C=O) groups excluding carboxylic acids is 2. The molecule has 8 heteroatoms. The number of hydrogen-bond donors (Lipinski definition) is 2. The maximum absolute atomic E-state index is 11.6. The number of nitrogens with one attached hydrogen (secondary N) is 1. The summed E-state index contributed by atoms with van der Waals surface area (Å²) in [7, 11) is 2.28. The SMILES string of the molecule is COC(=O)/C=C(/Nc1c(Br)cccc1C(=O)O)C(=O)OC. The van der Waals surface area contributed by atoms with E-state index in [0.29, 0.717) is 4.47 Å². The third-order valence-corrected chi connectivity index (χ3v) is 3.03. The molecule has 7 nitrogen and oxygen atoms in total. The molecule has 0 saturated carbocycles. The highest BCUT2D eigenvalue weighted by Crippen LogP contribution is 2.28. The highest BCUT2D eigenvalue weighted by Gasteiger charge is 2.18. The molecule has 1 rings (SSSR count). The zero-order chi connectivity index (χ0) is 16.0. The molecule has 1 aromatic rings. The van der Waals surface area contributed by atoms with Crippen molar-refractivity contribution in [2.75, 3.05) is 19.5 Å². The Morgan fingerprint density at radius 3 is 2.43 bits per heavy atom. The number of halogens is 1. The second-order valence-electron chi connectivity index (χ2n) is 3.67. The number of benzene rings is 1. The average molecular weight is 358 g/mol. The predicted octanol–water partition coefficient (Wildman–Crippen LogP) is 1.79. The Morgan fingerprint density at radius 2 is 1.90 bits per heavy atom. The lowest BCUT2D eigenvalue weighted by Crippen LogP contribution is -2.17. The molecule has 0 bridgehead atoms. The lowest BCUT2D eigenvalue weighted by molar-refractivity contribution is -0.138. The molecular weight excluding hydrogens is 346 g/mol. The van der Waals surface area contributed by atoms with Crippen LogP contribution in [0.3, 0.4) is 0 Å². The number of para-hydroxylation sites is 1. The number of carbonyl (C=O) groups is 3. The summed E-state index contributed by atoms with van der Waals surface area (Å²) in [4.78, 5) is 34.1. The standard InChI is InChI=1S/C13H12BrNO6/c1-20-10(16)6-9(13(19)21-2)15-11-7(12(17)18)4-3-5-8(11)14/h3-6,15H,1-2H3,(H,17,18)/b9-6+. The number of carboxylic acids is 1. The number of aromatic carboxylic acids is 1. The maximum atomic E-state index is 11.6. The summed E-state index contributed by atoms with van der Waals surface area (Å²) in [5, 5.41) is 11.7. The number of carboxylic acid groups (broad SMARTS) is 1. The first-order chi connectivity index (χ1) is 9.90. The van der Waals surface area contributed by atoms with E-state index in [9.17, 15) is 14.4 Å². The summed E-state index contributed by atoms with van der Waals surface area (Å²) in [6.07, 6.45) is 0.872. The van der Waals surface area contributed by atoms with E-state index in [1.165, 1.54) is 12.1 Å². The fourth-order valence-corrected chi connectivity index (χ4v) is 1.86. The average Bonchev–Trinajstić information content (AvgIpc) is 2.46. The number of hydrogen-bond acceptors (Lipinski definition) is 6. The van der Waals surface area contributed by atoms with Gasteiger partial charge in [0.1, 0.15) is 5.70 Å². The molecule has 0 fully saturated rings. The normalized spacial score (nSPS) is 10.7. The largest absolute Gasteiger partial charge is 0.478 e. The van der Waals surface area contributed by atoms with Gasteiger partial charge in [0.25, 0.3) is 0 Å². The molecule has 0 aromatic heterocycles. The lowest BCUT2D eigenvalue weighted by atomic mass is 10.1. The molecule has 0 heterocycles. The quantitative estimate of drug-likeness (QED) is 0.611. The van der Waals surface area contributed by atoms with E-state index in [-0.39, 0.29) is 16.9 Å². The fourth-order valence-electron chi connectivity index (χ4n) is 1.40. The van der Waals surface area contributed by atoms with Gasteiger partial charge in [-0.25, -0.2) is 14.4 Å². The fraction of sp³-hybridized carbons (Fsp3) is 0.154. The molecule has 112 valence electrons. The van der Waals surface area contributed by atoms with Crippen molar-refractivity contribution < 1.29 is 29.0 Å². The minimum absolute atomic E-state index is 0.0796. The van der Waals surface area contributed by atoms with Crippen molar-refractivity contribution in [3.63, 3.8) is 0 Å². The highest BCUT2D eigenvalue weighted by molar-refractivity contribution is 9.10. The summed E-state index contributed by atoms with van der Waals surface area (Å²) < 4.78 is 9.36. The Morgan fingerprint density at radius 1 is 1.24 bits per heavy atom. The predicted molar refractivity (Wildman–Crippen MR) is 76.8 cm³/mol. The van der Waals surface area contributed by atoms with Crippen LogP contribution >= 0.6 is 15.9 Å². The first-order valence-corrected chi connectivity index (χ1v) is 6.36. The Hall–Kier alpha value is -2.35. The van der Waals surface area contributed by atoms with Crippen LogP contribution in [0.4, 0.5) is 5.69 Å². The van der Waals surface area contributed by atoms with Gasteiger partial charge in [-0.05, 0) is 28.1 Å². The minimum Gasteiger partial charge on any atom is -0.478 e. The van der Waals surface area contributed by atoms with Crippen LogP contribution in [0.25, 0.3) is 0 Å². The second-order valence-corrected chi connectivity index (χ2v) is 4.52. The molecule has 1 aromatic carbocycles. The topological polar surface area (TPSA) is 102 Å². The summed E-state index contributed by atoms with van der Waals surface area (Å²) in [5.74, 6) is -2.82. The minimum atomic E-state index is -1.19. The first kappa shape index (κ1) is 16.7. The van der Waals surface area contributed by atoms with Crippen molar-refractivity contribution >= 4 is 39.5 Å². The molecule has 0 atom stereocenters. The van der Waals surface area contributed by atoms with E-state index >= 15 is 0 Å². The second kappa shape index (κ2) is 7.44. The van der Waals surface area contributed by atoms with Crippen LogP contribution in [0, 0.1) is 0 Å². The van der Waals surface area contributed by atoms with Crippen molar-refractivity contribution in [2.24, 2.45) is 0 Å². The summed E-state index contributed by atoms with van der Waals surface area (Å²) >= 11 is 3.18. The number of methoxy groups -OCH3 is 2. The molecule has 0 aliphatic heterocycles. The number of anilines is 1. The molecule has 0 unspecified atom stereocenters. The van der Waals surface area contributed by atoms with Gasteiger partial charge < -0.3 is 19.9 Å². The Labute approximate surface area is 128 Å². The van der Waals surface area contributed by atoms with Gasteiger partial charge in [-0.1, -0.05) is 6.07 Å². The van der Waals surface area contributed by atoms with Crippen molar-refractivity contribution in [1.82, 2.24) is 0 Å². The molecular formula is C13H12BrNO6. The van der Waals surface area contributed by atoms with Gasteiger partial charge >= 0.3 is 17.9 Å². The van der Waals surface area contributed by atoms with Crippen molar-refractivity contribution in [1.29, 1.82) is 0 Å². The highest BCUT2D eigenvalue weighted by atomic mass is 79.9. The summed E-state index contributed by atoms with van der Waals surface area (Å²) in [6.45, 7) is 0. The molecule has 0 aliphatic rings. The van der Waals surface area contributed by atoms with Gasteiger partial charge in [0.15, 0.2) is 0 Å². The van der Waals surface area contributed by atoms with Crippen LogP contribution in [0.2, 0.25) is 0 Å². The van der Waals surface area contributed by atoms with Crippen LogP contribution in [-0.2, 0) is 19.1 Å². The summed E-state index contributed by atoms with van der Waals surface area (Å²) in [5.41, 5.74) is -0.214. The van der Waals surface area contributed by atoms with Gasteiger partial charge in [0, 0.05) is 4.47 Å². The van der Waals surface area contributed by atoms with Gasteiger partial charge in [-0.2, -0.15) is 0 Å². The van der Waals surface area contributed by atoms with Crippen molar-refractivity contribution in [2.45, 2.75) is 0 Å². The van der Waals surface area contributed by atoms with Gasteiger partial charge in [0.05, 0.1) is 31.5 Å². The van der Waals surface area contributed by atoms with Gasteiger partial charge in [0.2, 0.25) is 0 Å². The monoisotopic (exact) mass is 357 g/mol. The van der Waals surface area contributed by atoms with Crippen molar-refractivity contribution in [3.05, 3.63) is 40.0 Å². The van der Waals surface area contributed by atoms with Crippen molar-refractivity contribution in [3.8, 4) is 0 Å². The smallest absolute Gasteiger partial charge is 0.354 e. The Balaban J connectivity index is 3.27. The Kier molecular flexibility index (Phi) is 5.92. The molecule has 0 aliphatic carbocycles. The lowest BCUT2D eigenvalue weighted by Gasteiger charge is -2.13. The molecule has 2 N–H and O–H groups in total. The number of rotatable bonds is 5. The molecule has 0 radical (unpaired) electrons. The van der Waals surface area contributed by atoms with E-state index in [0.717, 1.165) is 20.3 Å². The number of ether oxygens (including phenoxy) is 2. The molecule has 0 amide bonds. The van der Waals surface area contributed by atoms with E-state index in [1.54, 1.807) is 6.07 Å². The van der Waals surface area contributed by atoms with E-state index in [1.807, 2.05) is 0 Å². The molecule has 0 saturated heterocycles. The van der Waals surface area contributed by atoms with Crippen LogP contribution in [0.1, 0.15) is 10.4 Å². The van der Waals surface area contributed by atoms with Crippen LogP contribution < -0.4 is 5.32 Å². The number of esters is 2. The Bertz CT molecular complexity index is 611. The van der Waals surface area contributed by atoms with E-state index in [2.05, 4.69) is 30.7 Å². The third-order valence-electron chi connectivity index (χ3n) is 2.37. The maximum Gasteiger partial charge on any atom is 0.354 e. The third kappa shape index (κ3) is 4.32. The van der Waals surface area contributed by atoms with Crippen LogP contribution in [0.15, 0.2) is 34.4 Å². The van der Waals surface area contributed by atoms with E-state index in [4.69, 9.17) is 5.11 Å². The first-order valence-electron chi connectivity index (χ1n) is 5.57. The van der Waals surface area contributed by atoms with Gasteiger partial charge in [-0.15, -0.1) is 0 Å². The molecule has 21 heavy (non-hydrogen) atoms. The van der Waals surface area contributed by atoms with Gasteiger partial charge in [-0.3, -0.25) is 0 Å². The van der Waals surface area contributed by atoms with Crippen LogP contribution in [-0.4, -0.2) is 37.2 Å². The van der Waals surface area contributed by atoms with E-state index < -0.39 is 17.9 Å². The van der Waals surface area contributed by atoms with Crippen LogP contribution in [0.5, 0.6) is 0 Å².